The third kappa shape index (κ3) is 4.58. The molecule has 3 aromatic rings. The van der Waals surface area contributed by atoms with Crippen LogP contribution in [0.1, 0.15) is 16.7 Å². The van der Waals surface area contributed by atoms with Gasteiger partial charge in [-0.25, -0.2) is 9.18 Å². The van der Waals surface area contributed by atoms with Crippen LogP contribution < -0.4 is 0 Å². The third-order valence-electron chi connectivity index (χ3n) is 4.36. The Hall–Kier alpha value is -3.86. The van der Waals surface area contributed by atoms with E-state index < -0.39 is 29.1 Å². The van der Waals surface area contributed by atoms with Gasteiger partial charge in [0.2, 0.25) is 0 Å². The molecule has 1 heterocycles. The first kappa shape index (κ1) is 20.9. The lowest BCUT2D eigenvalue weighted by Gasteiger charge is -2.11. The van der Waals surface area contributed by atoms with Crippen LogP contribution in [-0.2, 0) is 17.5 Å². The van der Waals surface area contributed by atoms with Gasteiger partial charge in [-0.3, -0.25) is 0 Å². The molecule has 0 amide bonds. The number of halogens is 4. The first-order valence-electron chi connectivity index (χ1n) is 8.65. The van der Waals surface area contributed by atoms with Crippen LogP contribution in [0.15, 0.2) is 66.4 Å². The van der Waals surface area contributed by atoms with Crippen molar-refractivity contribution in [3.05, 3.63) is 88.9 Å². The molecule has 0 atom stereocenters. The van der Waals surface area contributed by atoms with Crippen molar-refractivity contribution in [2.24, 2.45) is 0 Å². The maximum Gasteiger partial charge on any atom is 0.416 e. The van der Waals surface area contributed by atoms with Crippen LogP contribution in [0.4, 0.5) is 17.6 Å². The predicted octanol–water partition coefficient (Wildman–Crippen LogP) is 5.35. The van der Waals surface area contributed by atoms with Gasteiger partial charge in [-0.05, 0) is 47.5 Å². The Morgan fingerprint density at radius 1 is 1.13 bits per heavy atom. The standard InChI is InChI=1S/C22H14F4N2O2/c23-19-4-2-1-3-18(19)20-10-15(9-16(11-27)21(29)30)13-28(20)12-14-5-7-17(8-6-14)22(24,25)26/h1-10,13H,12H2,(H,29,30)/b16-9+. The first-order valence-corrected chi connectivity index (χ1v) is 8.65. The number of aromatic nitrogens is 1. The minimum atomic E-state index is -4.45. The van der Waals surface area contributed by atoms with E-state index in [0.717, 1.165) is 18.2 Å². The predicted molar refractivity (Wildman–Crippen MR) is 102 cm³/mol. The molecule has 0 aliphatic carbocycles. The number of aliphatic carboxylic acids is 1. The van der Waals surface area contributed by atoms with Gasteiger partial charge in [0.05, 0.1) is 11.3 Å². The molecule has 0 saturated carbocycles. The lowest BCUT2D eigenvalue weighted by molar-refractivity contribution is -0.137. The normalized spacial score (nSPS) is 11.9. The molecule has 30 heavy (non-hydrogen) atoms. The van der Waals surface area contributed by atoms with Gasteiger partial charge in [0.15, 0.2) is 0 Å². The van der Waals surface area contributed by atoms with E-state index in [1.807, 2.05) is 0 Å². The second-order valence-corrected chi connectivity index (χ2v) is 6.44. The van der Waals surface area contributed by atoms with E-state index in [9.17, 15) is 22.4 Å². The summed E-state index contributed by atoms with van der Waals surface area (Å²) < 4.78 is 54.2. The van der Waals surface area contributed by atoms with Gasteiger partial charge in [0, 0.05) is 18.3 Å². The third-order valence-corrected chi connectivity index (χ3v) is 4.36. The Bertz CT molecular complexity index is 1150. The number of benzene rings is 2. The zero-order valence-electron chi connectivity index (χ0n) is 15.3. The molecule has 0 aliphatic heterocycles. The quantitative estimate of drug-likeness (QED) is 0.348. The van der Waals surface area contributed by atoms with Crippen molar-refractivity contribution in [3.63, 3.8) is 0 Å². The van der Waals surface area contributed by atoms with Crippen molar-refractivity contribution >= 4 is 12.0 Å². The topological polar surface area (TPSA) is 66.0 Å². The van der Waals surface area contributed by atoms with Gasteiger partial charge in [-0.15, -0.1) is 0 Å². The molecule has 0 spiro atoms. The van der Waals surface area contributed by atoms with Crippen molar-refractivity contribution in [2.45, 2.75) is 12.7 Å². The number of nitrogens with zero attached hydrogens (tertiary/aromatic N) is 2. The maximum absolute atomic E-state index is 14.3. The van der Waals surface area contributed by atoms with Crippen molar-refractivity contribution in [1.82, 2.24) is 4.57 Å². The number of hydrogen-bond acceptors (Lipinski definition) is 2. The Labute approximate surface area is 168 Å². The lowest BCUT2D eigenvalue weighted by atomic mass is 10.1. The molecule has 8 heteroatoms. The van der Waals surface area contributed by atoms with E-state index >= 15 is 0 Å². The smallest absolute Gasteiger partial charge is 0.416 e. The van der Waals surface area contributed by atoms with Crippen molar-refractivity contribution in [1.29, 1.82) is 5.26 Å². The summed E-state index contributed by atoms with van der Waals surface area (Å²) in [6, 6.07) is 13.6. The van der Waals surface area contributed by atoms with Crippen molar-refractivity contribution < 1.29 is 27.5 Å². The highest BCUT2D eigenvalue weighted by Gasteiger charge is 2.29. The average molecular weight is 414 g/mol. The monoisotopic (exact) mass is 414 g/mol. The van der Waals surface area contributed by atoms with Crippen LogP contribution in [0.25, 0.3) is 17.3 Å². The Morgan fingerprint density at radius 2 is 1.80 bits per heavy atom. The van der Waals surface area contributed by atoms with Crippen LogP contribution in [0.5, 0.6) is 0 Å². The van der Waals surface area contributed by atoms with Gasteiger partial charge in [-0.2, -0.15) is 18.4 Å². The second-order valence-electron chi connectivity index (χ2n) is 6.44. The summed E-state index contributed by atoms with van der Waals surface area (Å²) in [5.41, 5.74) is 0.225. The Balaban J connectivity index is 2.05. The molecule has 0 saturated heterocycles. The van der Waals surface area contributed by atoms with Crippen LogP contribution in [0.2, 0.25) is 0 Å². The number of carboxylic acids is 1. The van der Waals surface area contributed by atoms with Gasteiger partial charge in [0.1, 0.15) is 17.5 Å². The molecule has 0 bridgehead atoms. The van der Waals surface area contributed by atoms with Crippen LogP contribution in [0.3, 0.4) is 0 Å². The number of rotatable bonds is 5. The molecule has 0 unspecified atom stereocenters. The maximum atomic E-state index is 14.3. The highest BCUT2D eigenvalue weighted by molar-refractivity contribution is 5.96. The zero-order chi connectivity index (χ0) is 21.9. The molecule has 0 aliphatic rings. The lowest BCUT2D eigenvalue weighted by Crippen LogP contribution is -2.06. The number of alkyl halides is 3. The summed E-state index contributed by atoms with van der Waals surface area (Å²) in [4.78, 5) is 11.1. The Morgan fingerprint density at radius 3 is 2.37 bits per heavy atom. The van der Waals surface area contributed by atoms with Gasteiger partial charge in [-0.1, -0.05) is 24.3 Å². The van der Waals surface area contributed by atoms with Crippen LogP contribution >= 0.6 is 0 Å². The highest BCUT2D eigenvalue weighted by Crippen LogP contribution is 2.30. The molecular weight excluding hydrogens is 400 g/mol. The largest absolute Gasteiger partial charge is 0.477 e. The van der Waals surface area contributed by atoms with E-state index in [1.54, 1.807) is 16.7 Å². The summed E-state index contributed by atoms with van der Waals surface area (Å²) in [6.07, 6.45) is -1.79. The number of hydrogen-bond donors (Lipinski definition) is 1. The molecule has 0 fully saturated rings. The summed E-state index contributed by atoms with van der Waals surface area (Å²) in [5.74, 6) is -1.92. The first-order chi connectivity index (χ1) is 14.2. The second kappa shape index (κ2) is 8.25. The number of carboxylic acid groups (broad SMARTS) is 1. The summed E-state index contributed by atoms with van der Waals surface area (Å²) in [6.45, 7) is 0.116. The minimum absolute atomic E-state index is 0.116. The van der Waals surface area contributed by atoms with E-state index in [0.29, 0.717) is 16.8 Å². The molecule has 152 valence electrons. The molecule has 4 nitrogen and oxygen atoms in total. The summed E-state index contributed by atoms with van der Waals surface area (Å²) in [7, 11) is 0. The van der Waals surface area contributed by atoms with E-state index in [4.69, 9.17) is 10.4 Å². The number of nitriles is 1. The SMILES string of the molecule is N#C/C(=C\c1cc(-c2ccccc2F)n(Cc2ccc(C(F)(F)F)cc2)c1)C(=O)O. The molecule has 3 rings (SSSR count). The van der Waals surface area contributed by atoms with Crippen molar-refractivity contribution in [2.75, 3.05) is 0 Å². The molecule has 1 aromatic heterocycles. The van der Waals surface area contributed by atoms with Gasteiger partial charge >= 0.3 is 12.1 Å². The average Bonchev–Trinajstić information content (AvgIpc) is 3.08. The van der Waals surface area contributed by atoms with E-state index in [2.05, 4.69) is 0 Å². The fourth-order valence-corrected chi connectivity index (χ4v) is 2.94. The van der Waals surface area contributed by atoms with Gasteiger partial charge in [0.25, 0.3) is 0 Å². The minimum Gasteiger partial charge on any atom is -0.477 e. The van der Waals surface area contributed by atoms with E-state index in [1.165, 1.54) is 42.6 Å². The van der Waals surface area contributed by atoms with Crippen LogP contribution in [-0.4, -0.2) is 15.6 Å². The van der Waals surface area contributed by atoms with Crippen LogP contribution in [0, 0.1) is 17.1 Å². The fraction of sp³-hybridized carbons (Fsp3) is 0.0909. The highest BCUT2D eigenvalue weighted by atomic mass is 19.4. The molecule has 2 aromatic carbocycles. The molecular formula is C22H14F4N2O2. The number of carbonyl (C=O) groups is 1. The zero-order valence-corrected chi connectivity index (χ0v) is 15.3. The van der Waals surface area contributed by atoms with Gasteiger partial charge < -0.3 is 9.67 Å². The fourth-order valence-electron chi connectivity index (χ4n) is 2.94. The summed E-state index contributed by atoms with van der Waals surface area (Å²) in [5, 5.41) is 18.0. The molecule has 0 radical (unpaired) electrons. The summed E-state index contributed by atoms with van der Waals surface area (Å²) >= 11 is 0. The van der Waals surface area contributed by atoms with Crippen molar-refractivity contribution in [3.8, 4) is 17.3 Å². The molecule has 1 N–H and O–H groups in total. The Kier molecular flexibility index (Phi) is 5.74. The van der Waals surface area contributed by atoms with E-state index in [-0.39, 0.29) is 12.1 Å².